The molecule has 2 aromatic rings. The fraction of sp³-hybridized carbons (Fsp3) is 0.368. The van der Waals surface area contributed by atoms with E-state index in [0.29, 0.717) is 42.7 Å². The number of nitrogens with one attached hydrogen (secondary N) is 1. The Bertz CT molecular complexity index is 873. The van der Waals surface area contributed by atoms with E-state index in [1.54, 1.807) is 12.4 Å². The van der Waals surface area contributed by atoms with Crippen LogP contribution >= 0.6 is 11.3 Å². The van der Waals surface area contributed by atoms with Crippen LogP contribution in [0.1, 0.15) is 34.4 Å². The lowest BCUT2D eigenvalue weighted by Gasteiger charge is -2.21. The highest BCUT2D eigenvalue weighted by Crippen LogP contribution is 2.38. The number of thiophene rings is 1. The highest BCUT2D eigenvalue weighted by atomic mass is 32.1. The first-order valence-corrected chi connectivity index (χ1v) is 9.40. The third kappa shape index (κ3) is 4.63. The van der Waals surface area contributed by atoms with Crippen molar-refractivity contribution >= 4 is 28.4 Å². The smallest absolute Gasteiger partial charge is 0.438 e. The van der Waals surface area contributed by atoms with Gasteiger partial charge >= 0.3 is 6.16 Å². The van der Waals surface area contributed by atoms with Crippen molar-refractivity contribution in [1.29, 1.82) is 5.26 Å². The number of hydrogen-bond acceptors (Lipinski definition) is 7. The summed E-state index contributed by atoms with van der Waals surface area (Å²) >= 11 is 1.38. The summed E-state index contributed by atoms with van der Waals surface area (Å²) in [6.45, 7) is 0. The molecular weight excluding hydrogens is 366 g/mol. The summed E-state index contributed by atoms with van der Waals surface area (Å²) in [5, 5.41) is 13.0. The number of fused-ring (bicyclic) bond motifs is 1. The number of rotatable bonds is 5. The summed E-state index contributed by atoms with van der Waals surface area (Å²) in [7, 11) is 1.27. The van der Waals surface area contributed by atoms with Crippen molar-refractivity contribution in [1.82, 2.24) is 4.98 Å². The van der Waals surface area contributed by atoms with Gasteiger partial charge < -0.3 is 14.8 Å². The number of ether oxygens (including phenoxy) is 2. The van der Waals surface area contributed by atoms with Crippen molar-refractivity contribution in [3.05, 3.63) is 46.1 Å². The lowest BCUT2D eigenvalue weighted by molar-refractivity contribution is -0.116. The zero-order valence-corrected chi connectivity index (χ0v) is 15.7. The van der Waals surface area contributed by atoms with Gasteiger partial charge in [-0.25, -0.2) is 4.79 Å². The van der Waals surface area contributed by atoms with Gasteiger partial charge in [0.1, 0.15) is 17.2 Å². The molecule has 7 nitrogen and oxygen atoms in total. The van der Waals surface area contributed by atoms with Crippen molar-refractivity contribution < 1.29 is 19.1 Å². The van der Waals surface area contributed by atoms with Crippen molar-refractivity contribution in [3.8, 4) is 6.07 Å². The summed E-state index contributed by atoms with van der Waals surface area (Å²) in [5.74, 6) is -0.142. The van der Waals surface area contributed by atoms with Crippen molar-refractivity contribution in [2.45, 2.75) is 38.2 Å². The molecule has 0 bridgehead atoms. The van der Waals surface area contributed by atoms with Crippen molar-refractivity contribution in [3.63, 3.8) is 0 Å². The van der Waals surface area contributed by atoms with E-state index >= 15 is 0 Å². The van der Waals surface area contributed by atoms with E-state index in [2.05, 4.69) is 21.1 Å². The first kappa shape index (κ1) is 18.9. The quantitative estimate of drug-likeness (QED) is 0.793. The molecule has 1 unspecified atom stereocenters. The summed E-state index contributed by atoms with van der Waals surface area (Å²) in [4.78, 5) is 28.6. The number of pyridine rings is 1. The second kappa shape index (κ2) is 8.64. The van der Waals surface area contributed by atoms with Gasteiger partial charge in [-0.1, -0.05) is 6.07 Å². The fourth-order valence-corrected chi connectivity index (χ4v) is 4.32. The van der Waals surface area contributed by atoms with E-state index in [1.165, 1.54) is 18.4 Å². The van der Waals surface area contributed by atoms with E-state index in [9.17, 15) is 14.9 Å². The van der Waals surface area contributed by atoms with Gasteiger partial charge in [0.25, 0.3) is 0 Å². The molecule has 1 N–H and O–H groups in total. The van der Waals surface area contributed by atoms with E-state index in [4.69, 9.17) is 4.74 Å². The average Bonchev–Trinajstić information content (AvgIpc) is 3.03. The molecule has 1 aliphatic rings. The van der Waals surface area contributed by atoms with Gasteiger partial charge in [0.05, 0.1) is 12.7 Å². The van der Waals surface area contributed by atoms with Crippen molar-refractivity contribution in [2.75, 3.05) is 12.4 Å². The number of nitrogens with zero attached hydrogens (tertiary/aromatic N) is 2. The maximum Gasteiger partial charge on any atom is 0.508 e. The van der Waals surface area contributed by atoms with Crippen LogP contribution in [0.25, 0.3) is 0 Å². The second-order valence-electron chi connectivity index (χ2n) is 6.17. The Hall–Kier alpha value is -2.92. The monoisotopic (exact) mass is 385 g/mol. The SMILES string of the molecule is COC(=O)OC1CCc2c(sc(NC(=O)CCc3cccnc3)c2C#N)C1. The Morgan fingerprint density at radius 2 is 2.33 bits per heavy atom. The fourth-order valence-electron chi connectivity index (χ4n) is 3.04. The molecule has 1 atom stereocenters. The van der Waals surface area contributed by atoms with Crippen LogP contribution in [0.3, 0.4) is 0 Å². The number of carbonyl (C=O) groups excluding carboxylic acids is 2. The third-order valence-electron chi connectivity index (χ3n) is 4.38. The average molecular weight is 385 g/mol. The molecule has 0 radical (unpaired) electrons. The third-order valence-corrected chi connectivity index (χ3v) is 5.55. The van der Waals surface area contributed by atoms with Gasteiger partial charge in [-0.05, 0) is 36.5 Å². The molecule has 2 heterocycles. The molecule has 3 rings (SSSR count). The van der Waals surface area contributed by atoms with Crippen LogP contribution in [-0.2, 0) is 33.5 Å². The van der Waals surface area contributed by atoms with Gasteiger partial charge in [-0.2, -0.15) is 5.26 Å². The van der Waals surface area contributed by atoms with Crippen LogP contribution in [0.15, 0.2) is 24.5 Å². The summed E-state index contributed by atoms with van der Waals surface area (Å²) in [5.41, 5.74) is 2.44. The van der Waals surface area contributed by atoms with E-state index in [0.717, 1.165) is 16.0 Å². The standard InChI is InChI=1S/C19H19N3O4S/c1-25-19(24)26-13-5-6-14-15(10-20)18(27-16(14)9-13)22-17(23)7-4-12-3-2-8-21-11-12/h2-3,8,11,13H,4-7,9H2,1H3,(H,22,23). The number of amides is 1. The van der Waals surface area contributed by atoms with Crippen LogP contribution < -0.4 is 5.32 Å². The highest BCUT2D eigenvalue weighted by molar-refractivity contribution is 7.16. The predicted octanol–water partition coefficient (Wildman–Crippen LogP) is 3.23. The molecule has 0 fully saturated rings. The summed E-state index contributed by atoms with van der Waals surface area (Å²) < 4.78 is 9.75. The van der Waals surface area contributed by atoms with Gasteiger partial charge in [-0.15, -0.1) is 11.3 Å². The Kier molecular flexibility index (Phi) is 6.04. The number of anilines is 1. The molecule has 0 saturated heterocycles. The maximum atomic E-state index is 12.3. The molecule has 0 aromatic carbocycles. The van der Waals surface area contributed by atoms with Crippen molar-refractivity contribution in [2.24, 2.45) is 0 Å². The number of aromatic nitrogens is 1. The summed E-state index contributed by atoms with van der Waals surface area (Å²) in [6, 6.07) is 5.96. The molecule has 2 aromatic heterocycles. The van der Waals surface area contributed by atoms with Crippen LogP contribution in [-0.4, -0.2) is 30.3 Å². The molecule has 1 aliphatic carbocycles. The molecule has 140 valence electrons. The summed E-state index contributed by atoms with van der Waals surface area (Å²) in [6.07, 6.45) is 5.12. The number of nitriles is 1. The number of aryl methyl sites for hydroxylation is 1. The Labute approximate surface area is 160 Å². The lowest BCUT2D eigenvalue weighted by Crippen LogP contribution is -2.24. The van der Waals surface area contributed by atoms with E-state index in [-0.39, 0.29) is 12.0 Å². The Morgan fingerprint density at radius 3 is 3.04 bits per heavy atom. The van der Waals surface area contributed by atoms with E-state index in [1.807, 2.05) is 12.1 Å². The first-order valence-electron chi connectivity index (χ1n) is 8.58. The number of hydrogen-bond donors (Lipinski definition) is 1. The zero-order valence-electron chi connectivity index (χ0n) is 14.9. The van der Waals surface area contributed by atoms with Gasteiger partial charge in [0, 0.05) is 30.1 Å². The van der Waals surface area contributed by atoms with Crippen LogP contribution in [0.5, 0.6) is 0 Å². The first-order chi connectivity index (χ1) is 13.1. The predicted molar refractivity (Wildman–Crippen MR) is 99.5 cm³/mol. The zero-order chi connectivity index (χ0) is 19.2. The Balaban J connectivity index is 1.65. The minimum absolute atomic E-state index is 0.142. The van der Waals surface area contributed by atoms with Gasteiger partial charge in [0.2, 0.25) is 5.91 Å². The molecular formula is C19H19N3O4S. The Morgan fingerprint density at radius 1 is 1.48 bits per heavy atom. The minimum atomic E-state index is -0.704. The van der Waals surface area contributed by atoms with Crippen LogP contribution in [0, 0.1) is 11.3 Å². The van der Waals surface area contributed by atoms with Gasteiger partial charge in [-0.3, -0.25) is 9.78 Å². The molecule has 27 heavy (non-hydrogen) atoms. The molecule has 8 heteroatoms. The normalized spacial score (nSPS) is 15.3. The molecule has 0 aliphatic heterocycles. The van der Waals surface area contributed by atoms with Crippen LogP contribution in [0.4, 0.5) is 9.80 Å². The molecule has 0 spiro atoms. The minimum Gasteiger partial charge on any atom is -0.438 e. The van der Waals surface area contributed by atoms with Gasteiger partial charge in [0.15, 0.2) is 0 Å². The van der Waals surface area contributed by atoms with Crippen LogP contribution in [0.2, 0.25) is 0 Å². The topological polar surface area (TPSA) is 101 Å². The highest BCUT2D eigenvalue weighted by Gasteiger charge is 2.28. The number of methoxy groups -OCH3 is 1. The lowest BCUT2D eigenvalue weighted by atomic mass is 9.94. The second-order valence-corrected chi connectivity index (χ2v) is 7.27. The van der Waals surface area contributed by atoms with E-state index < -0.39 is 6.16 Å². The largest absolute Gasteiger partial charge is 0.508 e. The maximum absolute atomic E-state index is 12.3. The number of carbonyl (C=O) groups is 2. The molecule has 1 amide bonds. The molecule has 0 saturated carbocycles.